The quantitative estimate of drug-likeness (QED) is 0.523. The van der Waals surface area contributed by atoms with E-state index in [1.54, 1.807) is 47.4 Å². The van der Waals surface area contributed by atoms with Crippen LogP contribution < -0.4 is 4.90 Å². The molecule has 7 heteroatoms. The van der Waals surface area contributed by atoms with Crippen molar-refractivity contribution in [2.24, 2.45) is 0 Å². The number of hydrogen-bond acceptors (Lipinski definition) is 3. The standard InChI is InChI=1S/C20H18BrCl2NO3/c1-12(25)24(15-9-10-16(22)17(23)11-15)18-3-2-4-19(18)27-20(26)13-5-7-14(21)8-6-13/h5-11,18-19H,2-4H2,1H3. The molecule has 3 rings (SSSR count). The van der Waals surface area contributed by atoms with Crippen LogP contribution >= 0.6 is 39.1 Å². The average molecular weight is 471 g/mol. The maximum absolute atomic E-state index is 12.5. The predicted octanol–water partition coefficient (Wildman–Crippen LogP) is 5.89. The number of carbonyl (C=O) groups is 2. The molecule has 1 aliphatic rings. The fourth-order valence-electron chi connectivity index (χ4n) is 3.37. The van der Waals surface area contributed by atoms with Crippen molar-refractivity contribution in [3.63, 3.8) is 0 Å². The van der Waals surface area contributed by atoms with E-state index in [1.807, 2.05) is 0 Å². The number of amides is 1. The molecule has 0 aliphatic heterocycles. The Balaban J connectivity index is 1.82. The molecule has 0 aromatic heterocycles. The highest BCUT2D eigenvalue weighted by Gasteiger charge is 2.37. The van der Waals surface area contributed by atoms with Crippen LogP contribution in [0.15, 0.2) is 46.9 Å². The minimum Gasteiger partial charge on any atom is -0.457 e. The molecule has 27 heavy (non-hydrogen) atoms. The number of carbonyl (C=O) groups excluding carboxylic acids is 2. The molecule has 2 aromatic carbocycles. The highest BCUT2D eigenvalue weighted by atomic mass is 79.9. The topological polar surface area (TPSA) is 46.6 Å². The van der Waals surface area contributed by atoms with Crippen LogP contribution in [0.3, 0.4) is 0 Å². The summed E-state index contributed by atoms with van der Waals surface area (Å²) in [6.45, 7) is 1.49. The molecule has 1 amide bonds. The number of nitrogens with zero attached hydrogens (tertiary/aromatic N) is 1. The Hall–Kier alpha value is -1.56. The van der Waals surface area contributed by atoms with E-state index in [2.05, 4.69) is 15.9 Å². The first kappa shape index (κ1) is 20.2. The molecular weight excluding hydrogens is 453 g/mol. The number of rotatable bonds is 4. The largest absolute Gasteiger partial charge is 0.457 e. The van der Waals surface area contributed by atoms with Crippen LogP contribution in [0.2, 0.25) is 10.0 Å². The first-order valence-electron chi connectivity index (χ1n) is 8.58. The van der Waals surface area contributed by atoms with Gasteiger partial charge in [-0.05, 0) is 61.7 Å². The van der Waals surface area contributed by atoms with E-state index in [0.717, 1.165) is 17.3 Å². The van der Waals surface area contributed by atoms with Crippen molar-refractivity contribution in [1.29, 1.82) is 0 Å². The summed E-state index contributed by atoms with van der Waals surface area (Å²) in [5, 5.41) is 0.801. The summed E-state index contributed by atoms with van der Waals surface area (Å²) in [5.41, 5.74) is 1.13. The Morgan fingerprint density at radius 2 is 1.78 bits per heavy atom. The Morgan fingerprint density at radius 3 is 2.41 bits per heavy atom. The zero-order valence-electron chi connectivity index (χ0n) is 14.6. The van der Waals surface area contributed by atoms with Crippen LogP contribution in [-0.4, -0.2) is 24.0 Å². The molecule has 0 bridgehead atoms. The second-order valence-electron chi connectivity index (χ2n) is 6.44. The number of anilines is 1. The van der Waals surface area contributed by atoms with Gasteiger partial charge in [0.05, 0.1) is 21.7 Å². The van der Waals surface area contributed by atoms with Gasteiger partial charge >= 0.3 is 5.97 Å². The molecule has 2 unspecified atom stereocenters. The van der Waals surface area contributed by atoms with Crippen LogP contribution in [-0.2, 0) is 9.53 Å². The van der Waals surface area contributed by atoms with Gasteiger partial charge in [0.15, 0.2) is 0 Å². The van der Waals surface area contributed by atoms with Crippen molar-refractivity contribution in [3.8, 4) is 0 Å². The van der Waals surface area contributed by atoms with Crippen molar-refractivity contribution in [3.05, 3.63) is 62.5 Å². The fraction of sp³-hybridized carbons (Fsp3) is 0.300. The van der Waals surface area contributed by atoms with Gasteiger partial charge in [-0.25, -0.2) is 4.79 Å². The predicted molar refractivity (Wildman–Crippen MR) is 111 cm³/mol. The van der Waals surface area contributed by atoms with Gasteiger partial charge in [0.1, 0.15) is 6.10 Å². The molecule has 1 saturated carbocycles. The zero-order valence-corrected chi connectivity index (χ0v) is 17.7. The van der Waals surface area contributed by atoms with Gasteiger partial charge in [0.2, 0.25) is 5.91 Å². The van der Waals surface area contributed by atoms with Crippen molar-refractivity contribution in [2.75, 3.05) is 4.90 Å². The lowest BCUT2D eigenvalue weighted by Gasteiger charge is -2.32. The molecule has 0 radical (unpaired) electrons. The summed E-state index contributed by atoms with van der Waals surface area (Å²) >= 11 is 15.5. The van der Waals surface area contributed by atoms with E-state index >= 15 is 0 Å². The summed E-state index contributed by atoms with van der Waals surface area (Å²) < 4.78 is 6.64. The Morgan fingerprint density at radius 1 is 1.07 bits per heavy atom. The van der Waals surface area contributed by atoms with E-state index in [1.165, 1.54) is 6.92 Å². The molecule has 2 atom stereocenters. The molecule has 4 nitrogen and oxygen atoms in total. The summed E-state index contributed by atoms with van der Waals surface area (Å²) in [7, 11) is 0. The third-order valence-corrected chi connectivity index (χ3v) is 5.88. The minimum absolute atomic E-state index is 0.134. The van der Waals surface area contributed by atoms with Crippen LogP contribution in [0, 0.1) is 0 Å². The van der Waals surface area contributed by atoms with Crippen molar-refractivity contribution in [2.45, 2.75) is 38.3 Å². The van der Waals surface area contributed by atoms with Gasteiger partial charge in [-0.3, -0.25) is 4.79 Å². The molecule has 0 spiro atoms. The molecule has 0 N–H and O–H groups in total. The van der Waals surface area contributed by atoms with Crippen molar-refractivity contribution < 1.29 is 14.3 Å². The number of hydrogen-bond donors (Lipinski definition) is 0. The molecule has 1 fully saturated rings. The number of esters is 1. The summed E-state index contributed by atoms with van der Waals surface area (Å²) in [6.07, 6.45) is 1.95. The molecular formula is C20H18BrCl2NO3. The Bertz CT molecular complexity index is 857. The number of halogens is 3. The molecule has 2 aromatic rings. The van der Waals surface area contributed by atoms with Gasteiger partial charge in [0.25, 0.3) is 0 Å². The second kappa shape index (κ2) is 8.63. The lowest BCUT2D eigenvalue weighted by Crippen LogP contribution is -2.45. The minimum atomic E-state index is -0.392. The van der Waals surface area contributed by atoms with Gasteiger partial charge < -0.3 is 9.64 Å². The highest BCUT2D eigenvalue weighted by Crippen LogP contribution is 2.34. The SMILES string of the molecule is CC(=O)N(c1ccc(Cl)c(Cl)c1)C1CCCC1OC(=O)c1ccc(Br)cc1. The molecule has 142 valence electrons. The van der Waals surface area contributed by atoms with E-state index in [9.17, 15) is 9.59 Å². The molecule has 0 heterocycles. The summed E-state index contributed by atoms with van der Waals surface area (Å²) in [5.74, 6) is -0.526. The monoisotopic (exact) mass is 469 g/mol. The average Bonchev–Trinajstić information content (AvgIpc) is 3.06. The van der Waals surface area contributed by atoms with Crippen molar-refractivity contribution in [1.82, 2.24) is 0 Å². The van der Waals surface area contributed by atoms with E-state index in [-0.39, 0.29) is 18.1 Å². The highest BCUT2D eigenvalue weighted by molar-refractivity contribution is 9.10. The Labute approximate surface area is 176 Å². The summed E-state index contributed by atoms with van der Waals surface area (Å²) in [4.78, 5) is 26.5. The van der Waals surface area contributed by atoms with Gasteiger partial charge in [-0.1, -0.05) is 39.1 Å². The first-order chi connectivity index (χ1) is 12.9. The van der Waals surface area contributed by atoms with Crippen LogP contribution in [0.25, 0.3) is 0 Å². The van der Waals surface area contributed by atoms with Gasteiger partial charge in [-0.2, -0.15) is 0 Å². The Kier molecular flexibility index (Phi) is 6.45. The van der Waals surface area contributed by atoms with Crippen LogP contribution in [0.4, 0.5) is 5.69 Å². The number of ether oxygens (including phenoxy) is 1. The van der Waals surface area contributed by atoms with Gasteiger partial charge in [0, 0.05) is 17.1 Å². The van der Waals surface area contributed by atoms with Crippen LogP contribution in [0.1, 0.15) is 36.5 Å². The van der Waals surface area contributed by atoms with E-state index in [0.29, 0.717) is 27.7 Å². The maximum Gasteiger partial charge on any atom is 0.338 e. The molecule has 0 saturated heterocycles. The number of benzene rings is 2. The smallest absolute Gasteiger partial charge is 0.338 e. The fourth-order valence-corrected chi connectivity index (χ4v) is 3.93. The second-order valence-corrected chi connectivity index (χ2v) is 8.17. The molecule has 1 aliphatic carbocycles. The lowest BCUT2D eigenvalue weighted by molar-refractivity contribution is -0.117. The lowest BCUT2D eigenvalue weighted by atomic mass is 10.1. The maximum atomic E-state index is 12.5. The van der Waals surface area contributed by atoms with Gasteiger partial charge in [-0.15, -0.1) is 0 Å². The third-order valence-electron chi connectivity index (χ3n) is 4.61. The summed E-state index contributed by atoms with van der Waals surface area (Å²) in [6, 6.07) is 11.8. The zero-order chi connectivity index (χ0) is 19.6. The van der Waals surface area contributed by atoms with Crippen molar-refractivity contribution >= 4 is 56.7 Å². The third kappa shape index (κ3) is 4.65. The van der Waals surface area contributed by atoms with E-state index in [4.69, 9.17) is 27.9 Å². The normalized spacial score (nSPS) is 19.0. The van der Waals surface area contributed by atoms with Crippen LogP contribution in [0.5, 0.6) is 0 Å². The first-order valence-corrected chi connectivity index (χ1v) is 10.1. The van der Waals surface area contributed by atoms with E-state index < -0.39 is 5.97 Å².